The monoisotopic (exact) mass is 786 g/mol. The van der Waals surface area contributed by atoms with Crippen molar-refractivity contribution in [3.8, 4) is 0 Å². The maximum Gasteiger partial charge on any atom is 0.306 e. The second-order valence-electron chi connectivity index (χ2n) is 16.1. The van der Waals surface area contributed by atoms with Crippen LogP contribution in [0.3, 0.4) is 0 Å². The molecule has 0 aliphatic heterocycles. The molecule has 1 unspecified atom stereocenters. The SMILES string of the molecule is CCCCCCCCC=CCCCCCCCC(=O)OC[C@@H](COP(=O)([O-])OCC[N+](C)(C)C)OC(=O)CCCCCCCC=CCCCCCCCC. The van der Waals surface area contributed by atoms with Crippen LogP contribution in [0.2, 0.25) is 0 Å². The maximum absolute atomic E-state index is 12.7. The topological polar surface area (TPSA) is 111 Å². The average Bonchev–Trinajstić information content (AvgIpc) is 3.12. The van der Waals surface area contributed by atoms with Gasteiger partial charge in [0.05, 0.1) is 27.7 Å². The number of likely N-dealkylation sites (N-methyl/N-ethyl adjacent to an activating group) is 1. The molecule has 0 spiro atoms. The van der Waals surface area contributed by atoms with Gasteiger partial charge in [-0.25, -0.2) is 0 Å². The Bertz CT molecular complexity index is 980. The van der Waals surface area contributed by atoms with Crippen molar-refractivity contribution in [2.24, 2.45) is 0 Å². The van der Waals surface area contributed by atoms with Crippen LogP contribution in [0.5, 0.6) is 0 Å². The number of rotatable bonds is 40. The summed E-state index contributed by atoms with van der Waals surface area (Å²) in [5, 5.41) is 0. The van der Waals surface area contributed by atoms with Gasteiger partial charge in [0.15, 0.2) is 6.10 Å². The van der Waals surface area contributed by atoms with Crippen LogP contribution < -0.4 is 4.89 Å². The zero-order valence-electron chi connectivity index (χ0n) is 35.7. The summed E-state index contributed by atoms with van der Waals surface area (Å²) < 4.78 is 33.9. The number of ether oxygens (including phenoxy) is 2. The lowest BCUT2D eigenvalue weighted by Crippen LogP contribution is -2.37. The van der Waals surface area contributed by atoms with E-state index in [-0.39, 0.29) is 26.1 Å². The fourth-order valence-electron chi connectivity index (χ4n) is 5.94. The number of nitrogens with zero attached hydrogens (tertiary/aromatic N) is 1. The third kappa shape index (κ3) is 40.2. The first-order valence-corrected chi connectivity index (χ1v) is 23.5. The second-order valence-corrected chi connectivity index (χ2v) is 17.5. The normalized spacial score (nSPS) is 13.8. The van der Waals surface area contributed by atoms with Gasteiger partial charge >= 0.3 is 11.9 Å². The van der Waals surface area contributed by atoms with Crippen molar-refractivity contribution in [1.29, 1.82) is 0 Å². The van der Waals surface area contributed by atoms with E-state index in [0.29, 0.717) is 17.4 Å². The molecule has 0 bridgehead atoms. The highest BCUT2D eigenvalue weighted by Gasteiger charge is 2.21. The van der Waals surface area contributed by atoms with E-state index < -0.39 is 32.5 Å². The first kappa shape index (κ1) is 52.5. The zero-order valence-corrected chi connectivity index (χ0v) is 36.6. The van der Waals surface area contributed by atoms with Crippen molar-refractivity contribution in [3.63, 3.8) is 0 Å². The van der Waals surface area contributed by atoms with Crippen LogP contribution in [0.25, 0.3) is 0 Å². The van der Waals surface area contributed by atoms with Crippen molar-refractivity contribution in [3.05, 3.63) is 24.3 Å². The minimum Gasteiger partial charge on any atom is -0.756 e. The molecule has 0 aliphatic rings. The van der Waals surface area contributed by atoms with Crippen molar-refractivity contribution in [2.45, 2.75) is 200 Å². The summed E-state index contributed by atoms with van der Waals surface area (Å²) in [6, 6.07) is 0. The Morgan fingerprint density at radius 1 is 0.556 bits per heavy atom. The van der Waals surface area contributed by atoms with Gasteiger partial charge in [0.25, 0.3) is 7.82 Å². The van der Waals surface area contributed by atoms with Gasteiger partial charge in [0.1, 0.15) is 19.8 Å². The van der Waals surface area contributed by atoms with E-state index in [1.165, 1.54) is 89.9 Å². The minimum absolute atomic E-state index is 0.0326. The van der Waals surface area contributed by atoms with Crippen LogP contribution in [-0.4, -0.2) is 70.0 Å². The van der Waals surface area contributed by atoms with Gasteiger partial charge in [-0.1, -0.05) is 141 Å². The Balaban J connectivity index is 4.38. The number of carbonyl (C=O) groups excluding carboxylic acids is 2. The molecule has 0 aromatic carbocycles. The molecule has 0 amide bonds. The number of unbranched alkanes of at least 4 members (excludes halogenated alkanes) is 22. The van der Waals surface area contributed by atoms with Crippen molar-refractivity contribution in [1.82, 2.24) is 0 Å². The molecule has 0 fully saturated rings. The summed E-state index contributed by atoms with van der Waals surface area (Å²) >= 11 is 0. The van der Waals surface area contributed by atoms with E-state index >= 15 is 0 Å². The summed E-state index contributed by atoms with van der Waals surface area (Å²) in [5.74, 6) is -0.850. The predicted octanol–water partition coefficient (Wildman–Crippen LogP) is 11.7. The number of hydrogen-bond donors (Lipinski definition) is 0. The van der Waals surface area contributed by atoms with Gasteiger partial charge < -0.3 is 27.9 Å². The summed E-state index contributed by atoms with van der Waals surface area (Å²) in [6.45, 7) is 4.20. The highest BCUT2D eigenvalue weighted by atomic mass is 31.2. The Morgan fingerprint density at radius 2 is 0.944 bits per heavy atom. The molecular weight excluding hydrogens is 701 g/mol. The summed E-state index contributed by atoms with van der Waals surface area (Å²) in [5.41, 5.74) is 0. The van der Waals surface area contributed by atoms with Gasteiger partial charge in [-0.2, -0.15) is 0 Å². The van der Waals surface area contributed by atoms with E-state index in [2.05, 4.69) is 38.2 Å². The molecule has 0 saturated heterocycles. The number of quaternary nitrogens is 1. The Morgan fingerprint density at radius 3 is 1.37 bits per heavy atom. The lowest BCUT2D eigenvalue weighted by atomic mass is 10.1. The number of esters is 2. The molecule has 0 aliphatic carbocycles. The second kappa shape index (κ2) is 37.1. The molecule has 0 radical (unpaired) electrons. The van der Waals surface area contributed by atoms with E-state index in [1.807, 2.05) is 21.1 Å². The summed E-state index contributed by atoms with van der Waals surface area (Å²) in [7, 11) is 1.16. The first-order chi connectivity index (χ1) is 26.0. The quantitative estimate of drug-likeness (QED) is 0.0198. The van der Waals surface area contributed by atoms with Gasteiger partial charge in [-0.15, -0.1) is 0 Å². The van der Waals surface area contributed by atoms with Crippen LogP contribution in [0.1, 0.15) is 194 Å². The van der Waals surface area contributed by atoms with Gasteiger partial charge in [0.2, 0.25) is 0 Å². The lowest BCUT2D eigenvalue weighted by molar-refractivity contribution is -0.870. The van der Waals surface area contributed by atoms with Crippen molar-refractivity contribution >= 4 is 19.8 Å². The fourth-order valence-corrected chi connectivity index (χ4v) is 6.67. The van der Waals surface area contributed by atoms with Gasteiger partial charge in [0, 0.05) is 12.8 Å². The predicted molar refractivity (Wildman–Crippen MR) is 222 cm³/mol. The summed E-state index contributed by atoms with van der Waals surface area (Å²) in [4.78, 5) is 37.5. The van der Waals surface area contributed by atoms with Crippen LogP contribution in [0, 0.1) is 0 Å². The number of carbonyl (C=O) groups is 2. The molecule has 54 heavy (non-hydrogen) atoms. The van der Waals surface area contributed by atoms with E-state index in [4.69, 9.17) is 18.5 Å². The molecule has 2 atom stereocenters. The maximum atomic E-state index is 12.7. The number of hydrogen-bond acceptors (Lipinski definition) is 8. The number of allylic oxidation sites excluding steroid dienone is 4. The third-order valence-corrected chi connectivity index (χ3v) is 10.4. The zero-order chi connectivity index (χ0) is 40.0. The average molecular weight is 786 g/mol. The van der Waals surface area contributed by atoms with Crippen molar-refractivity contribution < 1.29 is 42.1 Å². The molecule has 0 saturated carbocycles. The van der Waals surface area contributed by atoms with Crippen molar-refractivity contribution in [2.75, 3.05) is 47.5 Å². The van der Waals surface area contributed by atoms with E-state index in [9.17, 15) is 19.0 Å². The standard InChI is InChI=1S/C44H84NO8P/c1-6-8-10-12-14-16-18-20-22-24-26-28-30-32-34-36-43(46)50-40-42(41-52-54(48,49)51-39-38-45(3,4)5)53-44(47)37-35-33-31-29-27-25-23-21-19-17-15-13-11-9-7-2/h20-23,42H,6-19,24-41H2,1-5H3/t42-/m0/s1. The molecular formula is C44H84NO8P. The Hall–Kier alpha value is -1.51. The lowest BCUT2D eigenvalue weighted by Gasteiger charge is -2.28. The molecule has 318 valence electrons. The Kier molecular flexibility index (Phi) is 36.1. The summed E-state index contributed by atoms with van der Waals surface area (Å²) in [6.07, 6.45) is 39.1. The van der Waals surface area contributed by atoms with E-state index in [0.717, 1.165) is 70.6 Å². The van der Waals surface area contributed by atoms with Gasteiger partial charge in [-0.05, 0) is 64.2 Å². The molecule has 0 aromatic heterocycles. The van der Waals surface area contributed by atoms with Gasteiger partial charge in [-0.3, -0.25) is 14.2 Å². The number of phosphoric ester groups is 1. The van der Waals surface area contributed by atoms with E-state index in [1.54, 1.807) is 0 Å². The molecule has 9 nitrogen and oxygen atoms in total. The highest BCUT2D eigenvalue weighted by molar-refractivity contribution is 7.45. The molecule has 0 heterocycles. The highest BCUT2D eigenvalue weighted by Crippen LogP contribution is 2.38. The molecule has 0 aromatic rings. The largest absolute Gasteiger partial charge is 0.756 e. The molecule has 10 heteroatoms. The third-order valence-electron chi connectivity index (χ3n) is 9.44. The van der Waals surface area contributed by atoms with Crippen LogP contribution in [-0.2, 0) is 32.7 Å². The smallest absolute Gasteiger partial charge is 0.306 e. The first-order valence-electron chi connectivity index (χ1n) is 22.0. The van der Waals surface area contributed by atoms with Crippen LogP contribution in [0.4, 0.5) is 0 Å². The van der Waals surface area contributed by atoms with Crippen LogP contribution >= 0.6 is 7.82 Å². The molecule has 0 N–H and O–H groups in total. The number of phosphoric acid groups is 1. The minimum atomic E-state index is -4.62. The molecule has 0 rings (SSSR count). The fraction of sp³-hybridized carbons (Fsp3) is 0.864. The van der Waals surface area contributed by atoms with Crippen LogP contribution in [0.15, 0.2) is 24.3 Å². The Labute approximate surface area is 332 Å².